The van der Waals surface area contributed by atoms with Gasteiger partial charge in [0.2, 0.25) is 15.9 Å². The number of hydrogen-bond acceptors (Lipinski definition) is 4. The smallest absolute Gasteiger partial charge is 0.248 e. The van der Waals surface area contributed by atoms with Crippen LogP contribution in [0.5, 0.6) is 0 Å². The minimum Gasteiger partial charge on any atom is -0.323 e. The van der Waals surface area contributed by atoms with Gasteiger partial charge in [-0.3, -0.25) is 4.79 Å². The van der Waals surface area contributed by atoms with Crippen molar-refractivity contribution in [2.75, 3.05) is 12.4 Å². The molecule has 2 aromatic carbocycles. The lowest BCUT2D eigenvalue weighted by Gasteiger charge is -2.17. The Morgan fingerprint density at radius 2 is 1.79 bits per heavy atom. The Hall–Kier alpha value is -2.74. The van der Waals surface area contributed by atoms with Crippen LogP contribution in [0.3, 0.4) is 0 Å². The maximum atomic E-state index is 12.7. The second-order valence-electron chi connectivity index (χ2n) is 6.15. The minimum absolute atomic E-state index is 0.178. The maximum Gasteiger partial charge on any atom is 0.248 e. The average molecular weight is 413 g/mol. The van der Waals surface area contributed by atoms with E-state index in [1.54, 1.807) is 36.6 Å². The Kier molecular flexibility index (Phi) is 6.41. The highest BCUT2D eigenvalue weighted by Gasteiger charge is 2.20. The third-order valence-corrected chi connectivity index (χ3v) is 6.57. The van der Waals surface area contributed by atoms with E-state index in [1.165, 1.54) is 22.5 Å². The number of amides is 1. The van der Waals surface area contributed by atoms with Gasteiger partial charge in [-0.2, -0.15) is 15.6 Å². The summed E-state index contributed by atoms with van der Waals surface area (Å²) in [6.07, 6.45) is 3.17. The Labute approximate surface area is 169 Å². The first kappa shape index (κ1) is 20.0. The van der Waals surface area contributed by atoms with Crippen molar-refractivity contribution in [1.82, 2.24) is 4.31 Å². The van der Waals surface area contributed by atoms with E-state index in [4.69, 9.17) is 0 Å². The molecule has 0 atom stereocenters. The quantitative estimate of drug-likeness (QED) is 0.591. The molecule has 0 saturated heterocycles. The molecule has 1 N–H and O–H groups in total. The van der Waals surface area contributed by atoms with Crippen LogP contribution < -0.4 is 5.32 Å². The molecule has 144 valence electrons. The van der Waals surface area contributed by atoms with Gasteiger partial charge in [-0.05, 0) is 58.3 Å². The zero-order valence-electron chi connectivity index (χ0n) is 15.3. The Morgan fingerprint density at radius 1 is 1.07 bits per heavy atom. The van der Waals surface area contributed by atoms with Crippen molar-refractivity contribution in [3.05, 3.63) is 88.6 Å². The standard InChI is InChI=1S/C21H20N2O3S2/c1-23(15-17-5-3-2-4-6-17)28(25,26)20-10-8-19(9-11-20)22-21(24)12-7-18-13-14-27-16-18/h2-14,16H,15H2,1H3,(H,22,24)/b12-7+. The molecule has 3 aromatic rings. The highest BCUT2D eigenvalue weighted by Crippen LogP contribution is 2.19. The molecule has 0 aliphatic carbocycles. The number of thiophene rings is 1. The summed E-state index contributed by atoms with van der Waals surface area (Å²) in [4.78, 5) is 12.2. The lowest BCUT2D eigenvalue weighted by atomic mass is 10.2. The average Bonchev–Trinajstić information content (AvgIpc) is 3.21. The van der Waals surface area contributed by atoms with E-state index < -0.39 is 10.0 Å². The van der Waals surface area contributed by atoms with Crippen molar-refractivity contribution in [2.45, 2.75) is 11.4 Å². The van der Waals surface area contributed by atoms with Crippen LogP contribution in [0.4, 0.5) is 5.69 Å². The monoisotopic (exact) mass is 412 g/mol. The van der Waals surface area contributed by atoms with Gasteiger partial charge in [-0.25, -0.2) is 8.42 Å². The largest absolute Gasteiger partial charge is 0.323 e. The lowest BCUT2D eigenvalue weighted by molar-refractivity contribution is -0.111. The van der Waals surface area contributed by atoms with Crippen molar-refractivity contribution in [2.24, 2.45) is 0 Å². The summed E-state index contributed by atoms with van der Waals surface area (Å²) in [7, 11) is -2.07. The number of rotatable bonds is 7. The molecule has 5 nitrogen and oxygen atoms in total. The van der Waals surface area contributed by atoms with E-state index >= 15 is 0 Å². The van der Waals surface area contributed by atoms with E-state index in [1.807, 2.05) is 47.2 Å². The second kappa shape index (κ2) is 8.97. The highest BCUT2D eigenvalue weighted by atomic mass is 32.2. The van der Waals surface area contributed by atoms with Crippen LogP contribution in [0, 0.1) is 0 Å². The van der Waals surface area contributed by atoms with Crippen LogP contribution in [-0.2, 0) is 21.4 Å². The summed E-state index contributed by atoms with van der Waals surface area (Å²) in [5, 5.41) is 6.60. The number of benzene rings is 2. The normalized spacial score (nSPS) is 11.8. The topological polar surface area (TPSA) is 66.5 Å². The van der Waals surface area contributed by atoms with Gasteiger partial charge >= 0.3 is 0 Å². The first-order valence-corrected chi connectivity index (χ1v) is 10.9. The molecule has 0 spiro atoms. The SMILES string of the molecule is CN(Cc1ccccc1)S(=O)(=O)c1ccc(NC(=O)/C=C/c2ccsc2)cc1. The van der Waals surface area contributed by atoms with Gasteiger partial charge in [0.05, 0.1) is 4.90 Å². The molecule has 1 heterocycles. The number of anilines is 1. The molecule has 3 rings (SSSR count). The molecule has 0 radical (unpaired) electrons. The van der Waals surface area contributed by atoms with Gasteiger partial charge in [0.1, 0.15) is 0 Å². The van der Waals surface area contributed by atoms with Crippen molar-refractivity contribution in [1.29, 1.82) is 0 Å². The summed E-state index contributed by atoms with van der Waals surface area (Å²) in [5.74, 6) is -0.275. The van der Waals surface area contributed by atoms with Gasteiger partial charge in [0.15, 0.2) is 0 Å². The number of carbonyl (C=O) groups is 1. The van der Waals surface area contributed by atoms with E-state index in [0.717, 1.165) is 11.1 Å². The van der Waals surface area contributed by atoms with Gasteiger partial charge in [0.25, 0.3) is 0 Å². The van der Waals surface area contributed by atoms with Gasteiger partial charge in [0, 0.05) is 25.4 Å². The number of carbonyl (C=O) groups excluding carboxylic acids is 1. The van der Waals surface area contributed by atoms with Gasteiger partial charge in [-0.15, -0.1) is 0 Å². The van der Waals surface area contributed by atoms with Gasteiger partial charge < -0.3 is 5.32 Å². The third kappa shape index (κ3) is 5.16. The predicted octanol–water partition coefficient (Wildman–Crippen LogP) is 4.22. The van der Waals surface area contributed by atoms with Crippen LogP contribution in [0.1, 0.15) is 11.1 Å². The second-order valence-corrected chi connectivity index (χ2v) is 8.98. The third-order valence-electron chi connectivity index (χ3n) is 4.05. The molecule has 0 unspecified atom stereocenters. The number of nitrogens with zero attached hydrogens (tertiary/aromatic N) is 1. The molecule has 0 aliphatic heterocycles. The molecule has 7 heteroatoms. The van der Waals surface area contributed by atoms with Crippen molar-refractivity contribution < 1.29 is 13.2 Å². The molecular formula is C21H20N2O3S2. The molecule has 0 aliphatic rings. The van der Waals surface area contributed by atoms with E-state index in [2.05, 4.69) is 5.32 Å². The van der Waals surface area contributed by atoms with Crippen LogP contribution >= 0.6 is 11.3 Å². The summed E-state index contributed by atoms with van der Waals surface area (Å²) in [6, 6.07) is 17.5. The Balaban J connectivity index is 1.64. The fraction of sp³-hybridized carbons (Fsp3) is 0.0952. The van der Waals surface area contributed by atoms with Crippen LogP contribution in [-0.4, -0.2) is 25.7 Å². The summed E-state index contributed by atoms with van der Waals surface area (Å²) < 4.78 is 26.8. The van der Waals surface area contributed by atoms with Crippen LogP contribution in [0.2, 0.25) is 0 Å². The lowest BCUT2D eigenvalue weighted by Crippen LogP contribution is -2.26. The number of hydrogen-bond donors (Lipinski definition) is 1. The maximum absolute atomic E-state index is 12.7. The first-order valence-electron chi connectivity index (χ1n) is 8.57. The Morgan fingerprint density at radius 3 is 2.43 bits per heavy atom. The van der Waals surface area contributed by atoms with E-state index in [9.17, 15) is 13.2 Å². The summed E-state index contributed by atoms with van der Waals surface area (Å²) in [6.45, 7) is 0.287. The van der Waals surface area contributed by atoms with Crippen molar-refractivity contribution in [3.63, 3.8) is 0 Å². The van der Waals surface area contributed by atoms with Crippen LogP contribution in [0.25, 0.3) is 6.08 Å². The molecule has 1 amide bonds. The molecule has 0 bridgehead atoms. The van der Waals surface area contributed by atoms with E-state index in [-0.39, 0.29) is 17.3 Å². The minimum atomic E-state index is -3.61. The highest BCUT2D eigenvalue weighted by molar-refractivity contribution is 7.89. The Bertz CT molecular complexity index is 1040. The first-order chi connectivity index (χ1) is 13.4. The van der Waals surface area contributed by atoms with Crippen LogP contribution in [0.15, 0.2) is 82.4 Å². The predicted molar refractivity (Wildman–Crippen MR) is 114 cm³/mol. The zero-order chi connectivity index (χ0) is 20.0. The number of nitrogens with one attached hydrogen (secondary N) is 1. The molecule has 0 fully saturated rings. The fourth-order valence-electron chi connectivity index (χ4n) is 2.54. The summed E-state index contributed by atoms with van der Waals surface area (Å²) in [5.41, 5.74) is 2.41. The number of sulfonamides is 1. The van der Waals surface area contributed by atoms with E-state index in [0.29, 0.717) is 5.69 Å². The zero-order valence-corrected chi connectivity index (χ0v) is 16.9. The molecule has 1 aromatic heterocycles. The van der Waals surface area contributed by atoms with Gasteiger partial charge in [-0.1, -0.05) is 30.3 Å². The van der Waals surface area contributed by atoms with Crippen molar-refractivity contribution >= 4 is 39.0 Å². The van der Waals surface area contributed by atoms with Crippen molar-refractivity contribution in [3.8, 4) is 0 Å². The molecule has 0 saturated carbocycles. The molecular weight excluding hydrogens is 392 g/mol. The molecule has 28 heavy (non-hydrogen) atoms. The summed E-state index contributed by atoms with van der Waals surface area (Å²) >= 11 is 1.56. The fourth-order valence-corrected chi connectivity index (χ4v) is 4.33.